The Labute approximate surface area is 116 Å². The van der Waals surface area contributed by atoms with Crippen LogP contribution in [0, 0.1) is 0 Å². The Morgan fingerprint density at radius 2 is 2.00 bits per heavy atom. The zero-order chi connectivity index (χ0) is 14.4. The van der Waals surface area contributed by atoms with Gasteiger partial charge in [0, 0.05) is 6.20 Å². The fourth-order valence-electron chi connectivity index (χ4n) is 1.64. The average molecular weight is 274 g/mol. The summed E-state index contributed by atoms with van der Waals surface area (Å²) in [6, 6.07) is 7.45. The summed E-state index contributed by atoms with van der Waals surface area (Å²) in [5, 5.41) is 8.99. The molecule has 0 spiro atoms. The van der Waals surface area contributed by atoms with E-state index in [4.69, 9.17) is 14.6 Å². The molecule has 0 unspecified atom stereocenters. The molecule has 1 N–H and O–H groups in total. The Morgan fingerprint density at radius 1 is 1.25 bits per heavy atom. The van der Waals surface area contributed by atoms with E-state index in [9.17, 15) is 4.79 Å². The van der Waals surface area contributed by atoms with Crippen LogP contribution in [0.25, 0.3) is 0 Å². The SMILES string of the molecule is COc1ccc(COCc2ncncc2C(=O)O)cc1. The van der Waals surface area contributed by atoms with Crippen molar-refractivity contribution in [2.45, 2.75) is 13.2 Å². The number of carbonyl (C=O) groups is 1. The molecule has 0 aliphatic heterocycles. The fourth-order valence-corrected chi connectivity index (χ4v) is 1.64. The number of nitrogens with zero attached hydrogens (tertiary/aromatic N) is 2. The van der Waals surface area contributed by atoms with Gasteiger partial charge in [0.05, 0.1) is 26.0 Å². The van der Waals surface area contributed by atoms with Crippen LogP contribution < -0.4 is 4.74 Å². The van der Waals surface area contributed by atoms with Gasteiger partial charge in [0.15, 0.2) is 0 Å². The Hall–Kier alpha value is -2.47. The molecule has 2 aromatic rings. The number of hydrogen-bond acceptors (Lipinski definition) is 5. The molecule has 0 radical (unpaired) electrons. The number of benzene rings is 1. The zero-order valence-corrected chi connectivity index (χ0v) is 10.9. The summed E-state index contributed by atoms with van der Waals surface area (Å²) in [6.07, 6.45) is 2.57. The van der Waals surface area contributed by atoms with Gasteiger partial charge in [-0.2, -0.15) is 0 Å². The van der Waals surface area contributed by atoms with Crippen LogP contribution in [0.4, 0.5) is 0 Å². The number of ether oxygens (including phenoxy) is 2. The molecule has 0 saturated heterocycles. The summed E-state index contributed by atoms with van der Waals surface area (Å²) in [7, 11) is 1.61. The van der Waals surface area contributed by atoms with E-state index >= 15 is 0 Å². The molecular weight excluding hydrogens is 260 g/mol. The van der Waals surface area contributed by atoms with Crippen molar-refractivity contribution in [1.29, 1.82) is 0 Å². The predicted molar refractivity (Wildman–Crippen MR) is 70.5 cm³/mol. The molecule has 2 rings (SSSR count). The highest BCUT2D eigenvalue weighted by Gasteiger charge is 2.11. The van der Waals surface area contributed by atoms with Gasteiger partial charge >= 0.3 is 5.97 Å². The van der Waals surface area contributed by atoms with Gasteiger partial charge in [0.1, 0.15) is 17.6 Å². The largest absolute Gasteiger partial charge is 0.497 e. The van der Waals surface area contributed by atoms with Crippen LogP contribution in [0.1, 0.15) is 21.6 Å². The third-order valence-electron chi connectivity index (χ3n) is 2.69. The Balaban J connectivity index is 1.94. The van der Waals surface area contributed by atoms with Gasteiger partial charge in [0.2, 0.25) is 0 Å². The van der Waals surface area contributed by atoms with Crippen LogP contribution in [0.5, 0.6) is 5.75 Å². The number of aromatic nitrogens is 2. The number of hydrogen-bond donors (Lipinski definition) is 1. The lowest BCUT2D eigenvalue weighted by Crippen LogP contribution is -2.07. The van der Waals surface area contributed by atoms with Crippen LogP contribution in [0.2, 0.25) is 0 Å². The van der Waals surface area contributed by atoms with Crippen molar-refractivity contribution in [2.75, 3.05) is 7.11 Å². The maximum absolute atomic E-state index is 11.0. The van der Waals surface area contributed by atoms with Gasteiger partial charge < -0.3 is 14.6 Å². The first-order chi connectivity index (χ1) is 9.70. The number of carboxylic acids is 1. The maximum atomic E-state index is 11.0. The molecule has 0 atom stereocenters. The summed E-state index contributed by atoms with van der Waals surface area (Å²) >= 11 is 0. The molecule has 0 aliphatic rings. The predicted octanol–water partition coefficient (Wildman–Crippen LogP) is 1.90. The van der Waals surface area contributed by atoms with Crippen molar-refractivity contribution in [3.8, 4) is 5.75 Å². The van der Waals surface area contributed by atoms with Crippen LogP contribution in [0.3, 0.4) is 0 Å². The molecule has 6 nitrogen and oxygen atoms in total. The molecule has 0 fully saturated rings. The molecule has 1 aromatic heterocycles. The van der Waals surface area contributed by atoms with Crippen molar-refractivity contribution in [3.05, 3.63) is 53.6 Å². The second-order valence-electron chi connectivity index (χ2n) is 4.03. The van der Waals surface area contributed by atoms with Crippen molar-refractivity contribution >= 4 is 5.97 Å². The summed E-state index contributed by atoms with van der Waals surface area (Å²) < 4.78 is 10.5. The Morgan fingerprint density at radius 3 is 2.65 bits per heavy atom. The minimum Gasteiger partial charge on any atom is -0.497 e. The molecule has 104 valence electrons. The summed E-state index contributed by atoms with van der Waals surface area (Å²) in [4.78, 5) is 18.6. The number of methoxy groups -OCH3 is 1. The van der Waals surface area contributed by atoms with Gasteiger partial charge in [-0.25, -0.2) is 14.8 Å². The lowest BCUT2D eigenvalue weighted by Gasteiger charge is -2.06. The molecule has 0 bridgehead atoms. The molecule has 20 heavy (non-hydrogen) atoms. The van der Waals surface area contributed by atoms with E-state index in [2.05, 4.69) is 9.97 Å². The molecule has 0 saturated carbocycles. The zero-order valence-electron chi connectivity index (χ0n) is 10.9. The first-order valence-corrected chi connectivity index (χ1v) is 5.93. The smallest absolute Gasteiger partial charge is 0.339 e. The topological polar surface area (TPSA) is 81.5 Å². The molecular formula is C14H14N2O4. The van der Waals surface area contributed by atoms with Gasteiger partial charge in [-0.3, -0.25) is 0 Å². The van der Waals surface area contributed by atoms with E-state index < -0.39 is 5.97 Å². The average Bonchev–Trinajstić information content (AvgIpc) is 2.48. The summed E-state index contributed by atoms with van der Waals surface area (Å²) in [6.45, 7) is 0.489. The van der Waals surface area contributed by atoms with E-state index in [0.717, 1.165) is 11.3 Å². The quantitative estimate of drug-likeness (QED) is 0.866. The highest BCUT2D eigenvalue weighted by molar-refractivity contribution is 5.88. The van der Waals surface area contributed by atoms with Crippen molar-refractivity contribution in [3.63, 3.8) is 0 Å². The lowest BCUT2D eigenvalue weighted by molar-refractivity contribution is 0.0681. The first-order valence-electron chi connectivity index (χ1n) is 5.93. The number of carboxylic acid groups (broad SMARTS) is 1. The summed E-state index contributed by atoms with van der Waals surface area (Å²) in [5.74, 6) is -0.286. The monoisotopic (exact) mass is 274 g/mol. The lowest BCUT2D eigenvalue weighted by atomic mass is 10.2. The van der Waals surface area contributed by atoms with E-state index in [1.54, 1.807) is 7.11 Å². The molecule has 1 heterocycles. The van der Waals surface area contributed by atoms with Crippen LogP contribution in [-0.2, 0) is 18.0 Å². The Kier molecular flexibility index (Phi) is 4.62. The fraction of sp³-hybridized carbons (Fsp3) is 0.214. The Bertz CT molecular complexity index is 584. The third kappa shape index (κ3) is 3.52. The normalized spacial score (nSPS) is 10.2. The van der Waals surface area contributed by atoms with Crippen LogP contribution in [0.15, 0.2) is 36.8 Å². The van der Waals surface area contributed by atoms with Crippen LogP contribution in [-0.4, -0.2) is 28.2 Å². The van der Waals surface area contributed by atoms with E-state index in [1.165, 1.54) is 12.5 Å². The van der Waals surface area contributed by atoms with Crippen molar-refractivity contribution in [1.82, 2.24) is 9.97 Å². The number of rotatable bonds is 6. The van der Waals surface area contributed by atoms with E-state index in [0.29, 0.717) is 12.3 Å². The van der Waals surface area contributed by atoms with Crippen LogP contribution >= 0.6 is 0 Å². The minimum atomic E-state index is -1.06. The van der Waals surface area contributed by atoms with Gasteiger partial charge in [-0.1, -0.05) is 12.1 Å². The van der Waals surface area contributed by atoms with E-state index in [-0.39, 0.29) is 12.2 Å². The highest BCUT2D eigenvalue weighted by Crippen LogP contribution is 2.13. The third-order valence-corrected chi connectivity index (χ3v) is 2.69. The maximum Gasteiger partial charge on any atom is 0.339 e. The van der Waals surface area contributed by atoms with E-state index in [1.807, 2.05) is 24.3 Å². The molecule has 1 aromatic carbocycles. The molecule has 0 aliphatic carbocycles. The number of aromatic carboxylic acids is 1. The standard InChI is InChI=1S/C14H14N2O4/c1-19-11-4-2-10(3-5-11)7-20-8-13-12(14(17)18)6-15-9-16-13/h2-6,9H,7-8H2,1H3,(H,17,18). The second kappa shape index (κ2) is 6.63. The highest BCUT2D eigenvalue weighted by atomic mass is 16.5. The second-order valence-corrected chi connectivity index (χ2v) is 4.03. The van der Waals surface area contributed by atoms with Crippen molar-refractivity contribution in [2.24, 2.45) is 0 Å². The van der Waals surface area contributed by atoms with Gasteiger partial charge in [-0.05, 0) is 17.7 Å². The first kappa shape index (κ1) is 14.0. The van der Waals surface area contributed by atoms with Gasteiger partial charge in [-0.15, -0.1) is 0 Å². The van der Waals surface area contributed by atoms with Crippen molar-refractivity contribution < 1.29 is 19.4 Å². The molecule has 6 heteroatoms. The minimum absolute atomic E-state index is 0.0576. The molecule has 0 amide bonds. The van der Waals surface area contributed by atoms with Gasteiger partial charge in [0.25, 0.3) is 0 Å². The summed E-state index contributed by atoms with van der Waals surface area (Å²) in [5.41, 5.74) is 1.39.